The fraction of sp³-hybridized carbons (Fsp3) is 0.250. The van der Waals surface area contributed by atoms with E-state index in [1.807, 2.05) is 38.1 Å². The van der Waals surface area contributed by atoms with Crippen LogP contribution in [0.5, 0.6) is 0 Å². The van der Waals surface area contributed by atoms with E-state index < -0.39 is 17.9 Å². The van der Waals surface area contributed by atoms with Crippen molar-refractivity contribution < 1.29 is 24.2 Å². The summed E-state index contributed by atoms with van der Waals surface area (Å²) in [5.41, 5.74) is 3.46. The van der Waals surface area contributed by atoms with Crippen molar-refractivity contribution in [3.05, 3.63) is 70.8 Å². The fourth-order valence-electron chi connectivity index (χ4n) is 3.39. The third-order valence-corrected chi connectivity index (χ3v) is 5.15. The highest BCUT2D eigenvalue weighted by Crippen LogP contribution is 2.30. The largest absolute Gasteiger partial charge is 0.478 e. The minimum absolute atomic E-state index is 0.0297. The first kappa shape index (κ1) is 22.0. The monoisotopic (exact) mass is 420 g/mol. The molecule has 0 aliphatic carbocycles. The Bertz CT molecular complexity index is 1050. The van der Waals surface area contributed by atoms with Crippen molar-refractivity contribution in [1.82, 2.24) is 0 Å². The van der Waals surface area contributed by atoms with Gasteiger partial charge >= 0.3 is 11.9 Å². The molecule has 1 atom stereocenters. The van der Waals surface area contributed by atoms with Crippen LogP contribution in [0.4, 0.5) is 5.69 Å². The third-order valence-electron chi connectivity index (χ3n) is 5.15. The number of aryl methyl sites for hydroxylation is 1. The molecule has 0 saturated heterocycles. The molecule has 2 aromatic carbocycles. The van der Waals surface area contributed by atoms with E-state index in [2.05, 4.69) is 9.84 Å². The van der Waals surface area contributed by atoms with E-state index in [0.29, 0.717) is 28.9 Å². The summed E-state index contributed by atoms with van der Waals surface area (Å²) in [4.78, 5) is 36.5. The van der Waals surface area contributed by atoms with Gasteiger partial charge in [-0.3, -0.25) is 4.79 Å². The molecule has 1 unspecified atom stereocenters. The third kappa shape index (κ3) is 4.88. The lowest BCUT2D eigenvalue weighted by atomic mass is 9.92. The lowest BCUT2D eigenvalue weighted by Crippen LogP contribution is -2.28. The second kappa shape index (κ2) is 9.38. The molecule has 1 N–H and O–H groups in total. The van der Waals surface area contributed by atoms with E-state index in [1.54, 1.807) is 24.3 Å². The van der Waals surface area contributed by atoms with Crippen molar-refractivity contribution in [2.24, 2.45) is 11.0 Å². The van der Waals surface area contributed by atoms with Crippen LogP contribution in [0.25, 0.3) is 6.08 Å². The molecule has 1 amide bonds. The lowest BCUT2D eigenvalue weighted by molar-refractivity contribution is -0.132. The molecule has 0 bridgehead atoms. The number of ether oxygens (including phenoxy) is 1. The number of hydrogen-bond donors (Lipinski definition) is 1. The number of nitrogens with zero attached hydrogens (tertiary/aromatic N) is 2. The van der Waals surface area contributed by atoms with Crippen LogP contribution in [-0.2, 0) is 14.3 Å². The van der Waals surface area contributed by atoms with Crippen molar-refractivity contribution in [2.45, 2.75) is 26.7 Å². The van der Waals surface area contributed by atoms with Gasteiger partial charge in [-0.05, 0) is 55.7 Å². The van der Waals surface area contributed by atoms with Gasteiger partial charge in [-0.25, -0.2) is 14.6 Å². The first-order valence-corrected chi connectivity index (χ1v) is 9.94. The Kier molecular flexibility index (Phi) is 6.65. The molecule has 0 radical (unpaired) electrons. The summed E-state index contributed by atoms with van der Waals surface area (Å²) in [6.45, 7) is 3.86. The van der Waals surface area contributed by atoms with Gasteiger partial charge in [0.15, 0.2) is 0 Å². The quantitative estimate of drug-likeness (QED) is 0.538. The van der Waals surface area contributed by atoms with Gasteiger partial charge in [-0.2, -0.15) is 5.10 Å². The molecule has 3 rings (SSSR count). The zero-order valence-electron chi connectivity index (χ0n) is 17.7. The Morgan fingerprint density at radius 1 is 1.13 bits per heavy atom. The van der Waals surface area contributed by atoms with Crippen LogP contribution in [-0.4, -0.2) is 35.8 Å². The summed E-state index contributed by atoms with van der Waals surface area (Å²) in [7, 11) is 1.30. The zero-order valence-corrected chi connectivity index (χ0v) is 17.7. The molecule has 7 nitrogen and oxygen atoms in total. The van der Waals surface area contributed by atoms with Crippen LogP contribution in [0, 0.1) is 12.8 Å². The molecule has 0 fully saturated rings. The average molecular weight is 420 g/mol. The maximum absolute atomic E-state index is 13.1. The topological polar surface area (TPSA) is 96.3 Å². The van der Waals surface area contributed by atoms with Crippen LogP contribution < -0.4 is 5.01 Å². The highest BCUT2D eigenvalue weighted by Gasteiger charge is 2.37. The summed E-state index contributed by atoms with van der Waals surface area (Å²) >= 11 is 0. The van der Waals surface area contributed by atoms with E-state index in [4.69, 9.17) is 0 Å². The number of carbonyl (C=O) groups is 3. The normalized spacial score (nSPS) is 16.3. The van der Waals surface area contributed by atoms with Crippen LogP contribution >= 0.6 is 0 Å². The summed E-state index contributed by atoms with van der Waals surface area (Å²) in [6, 6.07) is 13.9. The molecule has 0 spiro atoms. The minimum atomic E-state index is -1.10. The molecule has 1 aliphatic heterocycles. The Balaban J connectivity index is 1.85. The van der Waals surface area contributed by atoms with Crippen molar-refractivity contribution in [3.8, 4) is 0 Å². The summed E-state index contributed by atoms with van der Waals surface area (Å²) in [5.74, 6) is -2.45. The maximum Gasteiger partial charge on any atom is 0.337 e. The number of esters is 1. The maximum atomic E-state index is 13.1. The summed E-state index contributed by atoms with van der Waals surface area (Å²) in [6.07, 6.45) is 2.08. The number of methoxy groups -OCH3 is 1. The van der Waals surface area contributed by atoms with E-state index in [0.717, 1.165) is 5.56 Å². The second-order valence-corrected chi connectivity index (χ2v) is 7.28. The Morgan fingerprint density at radius 2 is 1.77 bits per heavy atom. The van der Waals surface area contributed by atoms with Gasteiger partial charge in [0.2, 0.25) is 0 Å². The number of rotatable bonds is 7. The fourth-order valence-corrected chi connectivity index (χ4v) is 3.39. The van der Waals surface area contributed by atoms with Gasteiger partial charge in [0.05, 0.1) is 30.0 Å². The summed E-state index contributed by atoms with van der Waals surface area (Å²) in [5, 5.41) is 15.5. The number of aliphatic carboxylic acids is 1. The number of benzene rings is 2. The van der Waals surface area contributed by atoms with Gasteiger partial charge in [0, 0.05) is 5.57 Å². The predicted octanol–water partition coefficient (Wildman–Crippen LogP) is 4.07. The molecule has 2 aromatic rings. The van der Waals surface area contributed by atoms with Gasteiger partial charge in [0.1, 0.15) is 0 Å². The summed E-state index contributed by atoms with van der Waals surface area (Å²) < 4.78 is 4.67. The lowest BCUT2D eigenvalue weighted by Gasteiger charge is -2.15. The Labute approximate surface area is 180 Å². The minimum Gasteiger partial charge on any atom is -0.478 e. The molecule has 31 heavy (non-hydrogen) atoms. The second-order valence-electron chi connectivity index (χ2n) is 7.28. The molecular weight excluding hydrogens is 396 g/mol. The number of carboxylic acids is 1. The molecule has 1 aliphatic rings. The number of carbonyl (C=O) groups excluding carboxylic acids is 2. The number of anilines is 1. The van der Waals surface area contributed by atoms with E-state index in [1.165, 1.54) is 18.2 Å². The smallest absolute Gasteiger partial charge is 0.337 e. The highest BCUT2D eigenvalue weighted by molar-refractivity contribution is 6.16. The first-order valence-electron chi connectivity index (χ1n) is 9.94. The van der Waals surface area contributed by atoms with Crippen molar-refractivity contribution >= 4 is 35.3 Å². The SMILES string of the molecule is CCC1=NN(c2ccc(C)cc2)C(=O)C1C/C(=C/c1ccc(C(=O)OC)cc1)C(=O)O. The van der Waals surface area contributed by atoms with Crippen molar-refractivity contribution in [1.29, 1.82) is 0 Å². The van der Waals surface area contributed by atoms with Crippen LogP contribution in [0.1, 0.15) is 41.3 Å². The number of hydrazone groups is 1. The van der Waals surface area contributed by atoms with Gasteiger partial charge in [-0.1, -0.05) is 36.8 Å². The number of carboxylic acid groups (broad SMARTS) is 1. The van der Waals surface area contributed by atoms with Crippen molar-refractivity contribution in [3.63, 3.8) is 0 Å². The predicted molar refractivity (Wildman–Crippen MR) is 118 cm³/mol. The average Bonchev–Trinajstić information content (AvgIpc) is 3.09. The van der Waals surface area contributed by atoms with Gasteiger partial charge < -0.3 is 9.84 Å². The standard InChI is InChI=1S/C24H24N2O5/c1-4-21-20(22(27)26(25-21)19-11-5-15(2)6-12-19)14-18(23(28)29)13-16-7-9-17(10-8-16)24(30)31-3/h5-13,20H,4,14H2,1-3H3,(H,28,29)/b18-13-. The molecule has 1 heterocycles. The molecule has 0 aromatic heterocycles. The number of amides is 1. The van der Waals surface area contributed by atoms with Crippen LogP contribution in [0.15, 0.2) is 59.2 Å². The highest BCUT2D eigenvalue weighted by atomic mass is 16.5. The molecule has 0 saturated carbocycles. The first-order chi connectivity index (χ1) is 14.8. The van der Waals surface area contributed by atoms with E-state index in [-0.39, 0.29) is 17.9 Å². The Hall–Kier alpha value is -3.74. The van der Waals surface area contributed by atoms with Gasteiger partial charge in [-0.15, -0.1) is 0 Å². The zero-order chi connectivity index (χ0) is 22.5. The molecule has 7 heteroatoms. The molecule has 160 valence electrons. The van der Waals surface area contributed by atoms with E-state index >= 15 is 0 Å². The molecular formula is C24H24N2O5. The van der Waals surface area contributed by atoms with Gasteiger partial charge in [0.25, 0.3) is 5.91 Å². The Morgan fingerprint density at radius 3 is 2.32 bits per heavy atom. The van der Waals surface area contributed by atoms with Crippen molar-refractivity contribution in [2.75, 3.05) is 12.1 Å². The van der Waals surface area contributed by atoms with E-state index in [9.17, 15) is 19.5 Å². The van der Waals surface area contributed by atoms with Crippen LogP contribution in [0.2, 0.25) is 0 Å². The number of hydrogen-bond acceptors (Lipinski definition) is 5. The van der Waals surface area contributed by atoms with Crippen LogP contribution in [0.3, 0.4) is 0 Å².